The molecule has 1 aromatic heterocycles. The number of thioether (sulfide) groups is 1. The highest BCUT2D eigenvalue weighted by Gasteiger charge is 2.06. The minimum Gasteiger partial charge on any atom is -0.308 e. The number of amides is 1. The Labute approximate surface area is 101 Å². The Bertz CT molecular complexity index is 336. The molecule has 0 fully saturated rings. The number of aryl methyl sites for hydroxylation is 1. The topological polar surface area (TPSA) is 57.8 Å². The van der Waals surface area contributed by atoms with Gasteiger partial charge in [-0.15, -0.1) is 11.8 Å². The van der Waals surface area contributed by atoms with Gasteiger partial charge in [-0.05, 0) is 11.7 Å². The molecule has 1 aromatic rings. The van der Waals surface area contributed by atoms with Crippen LogP contribution in [0.5, 0.6) is 0 Å². The molecule has 0 aliphatic heterocycles. The molecule has 0 aliphatic carbocycles. The lowest BCUT2D eigenvalue weighted by Gasteiger charge is -2.03. The van der Waals surface area contributed by atoms with E-state index in [9.17, 15) is 4.79 Å². The van der Waals surface area contributed by atoms with E-state index in [1.165, 1.54) is 0 Å². The largest absolute Gasteiger partial charge is 0.308 e. The minimum atomic E-state index is 0.00764. The number of H-pyrrole nitrogens is 1. The van der Waals surface area contributed by atoms with Gasteiger partial charge in [0, 0.05) is 11.8 Å². The molecule has 0 radical (unpaired) electrons. The Kier molecular flexibility index (Phi) is 5.38. The van der Waals surface area contributed by atoms with Gasteiger partial charge >= 0.3 is 0 Å². The van der Waals surface area contributed by atoms with Crippen molar-refractivity contribution < 1.29 is 4.79 Å². The van der Waals surface area contributed by atoms with E-state index in [0.29, 0.717) is 16.8 Å². The first-order valence-electron chi connectivity index (χ1n) is 5.57. The molecule has 2 N–H and O–H groups in total. The molecule has 0 saturated heterocycles. The van der Waals surface area contributed by atoms with Crippen molar-refractivity contribution >= 4 is 23.5 Å². The fourth-order valence-corrected chi connectivity index (χ4v) is 1.80. The van der Waals surface area contributed by atoms with Gasteiger partial charge in [-0.25, -0.2) is 0 Å². The van der Waals surface area contributed by atoms with Crippen LogP contribution in [0.3, 0.4) is 0 Å². The van der Waals surface area contributed by atoms with E-state index in [4.69, 9.17) is 0 Å². The van der Waals surface area contributed by atoms with Crippen LogP contribution in [0.15, 0.2) is 6.07 Å². The maximum atomic E-state index is 11.5. The lowest BCUT2D eigenvalue weighted by Crippen LogP contribution is -2.15. The number of hydrogen-bond acceptors (Lipinski definition) is 3. The minimum absolute atomic E-state index is 0.00764. The zero-order valence-electron chi connectivity index (χ0n) is 10.0. The van der Waals surface area contributed by atoms with E-state index in [1.54, 1.807) is 11.8 Å². The van der Waals surface area contributed by atoms with Gasteiger partial charge in [0.1, 0.15) is 0 Å². The van der Waals surface area contributed by atoms with Crippen LogP contribution in [-0.2, 0) is 11.2 Å². The smallest absolute Gasteiger partial charge is 0.235 e. The molecular weight excluding hydrogens is 222 g/mol. The number of nitrogens with one attached hydrogen (secondary N) is 2. The number of aromatic amines is 1. The summed E-state index contributed by atoms with van der Waals surface area (Å²) >= 11 is 1.63. The van der Waals surface area contributed by atoms with Crippen LogP contribution in [0.2, 0.25) is 0 Å². The summed E-state index contributed by atoms with van der Waals surface area (Å²) in [7, 11) is 0. The molecule has 90 valence electrons. The van der Waals surface area contributed by atoms with E-state index < -0.39 is 0 Å². The maximum Gasteiger partial charge on any atom is 0.235 e. The first kappa shape index (κ1) is 13.1. The number of nitrogens with zero attached hydrogens (tertiary/aromatic N) is 1. The summed E-state index contributed by atoms with van der Waals surface area (Å²) < 4.78 is 0. The number of carbonyl (C=O) groups excluding carboxylic acids is 1. The van der Waals surface area contributed by atoms with Crippen LogP contribution in [0, 0.1) is 0 Å². The van der Waals surface area contributed by atoms with Crippen LogP contribution >= 0.6 is 11.8 Å². The van der Waals surface area contributed by atoms with Crippen molar-refractivity contribution in [3.05, 3.63) is 11.8 Å². The van der Waals surface area contributed by atoms with Crippen LogP contribution in [-0.4, -0.2) is 27.1 Å². The van der Waals surface area contributed by atoms with Gasteiger partial charge in [0.15, 0.2) is 5.82 Å². The van der Waals surface area contributed by atoms with Gasteiger partial charge < -0.3 is 5.32 Å². The second-order valence-corrected chi connectivity index (χ2v) is 5.50. The quantitative estimate of drug-likeness (QED) is 0.804. The number of aromatic nitrogens is 2. The third-order valence-electron chi connectivity index (χ3n) is 1.97. The fraction of sp³-hybridized carbons (Fsp3) is 0.636. The first-order chi connectivity index (χ1) is 7.61. The predicted molar refractivity (Wildman–Crippen MR) is 68.8 cm³/mol. The van der Waals surface area contributed by atoms with Gasteiger partial charge in [0.05, 0.1) is 5.75 Å². The van der Waals surface area contributed by atoms with Gasteiger partial charge in [-0.2, -0.15) is 5.10 Å². The number of hydrogen-bond donors (Lipinski definition) is 2. The molecule has 5 heteroatoms. The third kappa shape index (κ3) is 4.70. The average molecular weight is 241 g/mol. The van der Waals surface area contributed by atoms with Gasteiger partial charge in [-0.3, -0.25) is 9.89 Å². The lowest BCUT2D eigenvalue weighted by molar-refractivity contribution is -0.113. The summed E-state index contributed by atoms with van der Waals surface area (Å²) in [5.74, 6) is 1.11. The van der Waals surface area contributed by atoms with Crippen molar-refractivity contribution in [1.29, 1.82) is 0 Å². The molecule has 0 aromatic carbocycles. The third-order valence-corrected chi connectivity index (χ3v) is 3.06. The molecule has 0 atom stereocenters. The molecule has 0 aliphatic rings. The Balaban J connectivity index is 2.37. The summed E-state index contributed by atoms with van der Waals surface area (Å²) in [6, 6.07) is 1.89. The van der Waals surface area contributed by atoms with E-state index in [1.807, 2.05) is 6.07 Å². The highest BCUT2D eigenvalue weighted by atomic mass is 32.2. The van der Waals surface area contributed by atoms with Crippen LogP contribution in [0.25, 0.3) is 0 Å². The van der Waals surface area contributed by atoms with Crippen molar-refractivity contribution in [2.24, 2.45) is 0 Å². The molecule has 1 rings (SSSR count). The monoisotopic (exact) mass is 241 g/mol. The van der Waals surface area contributed by atoms with Crippen LogP contribution < -0.4 is 5.32 Å². The first-order valence-corrected chi connectivity index (χ1v) is 6.62. The SMILES string of the molecule is CCCc1cc(NC(=O)CSC(C)C)n[nH]1. The normalized spacial score (nSPS) is 10.8. The summed E-state index contributed by atoms with van der Waals surface area (Å²) in [5, 5.41) is 10.2. The van der Waals surface area contributed by atoms with Crippen LogP contribution in [0.4, 0.5) is 5.82 Å². The Hall–Kier alpha value is -0.970. The van der Waals surface area contributed by atoms with Crippen molar-refractivity contribution in [2.75, 3.05) is 11.1 Å². The van der Waals surface area contributed by atoms with Gasteiger partial charge in [0.25, 0.3) is 0 Å². The summed E-state index contributed by atoms with van der Waals surface area (Å²) in [6.07, 6.45) is 2.03. The highest BCUT2D eigenvalue weighted by molar-refractivity contribution is 8.00. The average Bonchev–Trinajstić information content (AvgIpc) is 2.63. The number of carbonyl (C=O) groups is 1. The molecule has 1 amide bonds. The Morgan fingerprint density at radius 1 is 1.62 bits per heavy atom. The van der Waals surface area contributed by atoms with Crippen LogP contribution in [0.1, 0.15) is 32.9 Å². The van der Waals surface area contributed by atoms with Crippen molar-refractivity contribution in [2.45, 2.75) is 38.9 Å². The Morgan fingerprint density at radius 3 is 3.00 bits per heavy atom. The summed E-state index contributed by atoms with van der Waals surface area (Å²) in [5.41, 5.74) is 1.06. The molecule has 4 nitrogen and oxygen atoms in total. The second kappa shape index (κ2) is 6.58. The number of rotatable bonds is 6. The predicted octanol–water partition coefficient (Wildman–Crippen LogP) is 2.44. The van der Waals surface area contributed by atoms with Gasteiger partial charge in [0.2, 0.25) is 5.91 Å². The van der Waals surface area contributed by atoms with Crippen molar-refractivity contribution in [3.63, 3.8) is 0 Å². The molecule has 1 heterocycles. The highest BCUT2D eigenvalue weighted by Crippen LogP contribution is 2.11. The standard InChI is InChI=1S/C11H19N3OS/c1-4-5-9-6-10(14-13-9)12-11(15)7-16-8(2)3/h6,8H,4-5,7H2,1-3H3,(H2,12,13,14,15). The molecule has 0 saturated carbocycles. The van der Waals surface area contributed by atoms with E-state index in [0.717, 1.165) is 18.5 Å². The van der Waals surface area contributed by atoms with Crippen molar-refractivity contribution in [3.8, 4) is 0 Å². The van der Waals surface area contributed by atoms with E-state index in [-0.39, 0.29) is 5.91 Å². The molecule has 0 bridgehead atoms. The number of anilines is 1. The maximum absolute atomic E-state index is 11.5. The van der Waals surface area contributed by atoms with Crippen molar-refractivity contribution in [1.82, 2.24) is 10.2 Å². The zero-order valence-corrected chi connectivity index (χ0v) is 10.9. The summed E-state index contributed by atoms with van der Waals surface area (Å²) in [6.45, 7) is 6.26. The lowest BCUT2D eigenvalue weighted by atomic mass is 10.2. The molecule has 0 unspecified atom stereocenters. The molecular formula is C11H19N3OS. The van der Waals surface area contributed by atoms with E-state index in [2.05, 4.69) is 36.3 Å². The summed E-state index contributed by atoms with van der Waals surface area (Å²) in [4.78, 5) is 11.5. The zero-order chi connectivity index (χ0) is 12.0. The molecule has 16 heavy (non-hydrogen) atoms. The fourth-order valence-electron chi connectivity index (χ4n) is 1.24. The Morgan fingerprint density at radius 2 is 2.38 bits per heavy atom. The van der Waals surface area contributed by atoms with E-state index >= 15 is 0 Å². The molecule has 0 spiro atoms. The second-order valence-electron chi connectivity index (χ2n) is 3.94. The van der Waals surface area contributed by atoms with Gasteiger partial charge in [-0.1, -0.05) is 27.2 Å².